The highest BCUT2D eigenvalue weighted by Crippen LogP contribution is 2.32. The lowest BCUT2D eigenvalue weighted by atomic mass is 10.1. The number of aryl methyl sites for hydroxylation is 1. The predicted octanol–water partition coefficient (Wildman–Crippen LogP) is 2.31. The standard InChI is InChI=1S/C16H19N3O2S/c1-10-11(2)22-16(13(10)15(21)18-9-8-17)19-14(20)12-6-4-3-5-7-12/h3-7H,8-9,17H2,1-2H3,(H,18,21)(H,19,20). The van der Waals surface area contributed by atoms with Crippen molar-refractivity contribution < 1.29 is 9.59 Å². The van der Waals surface area contributed by atoms with Gasteiger partial charge in [-0.05, 0) is 31.5 Å². The van der Waals surface area contributed by atoms with E-state index in [1.165, 1.54) is 11.3 Å². The van der Waals surface area contributed by atoms with Gasteiger partial charge in [0.2, 0.25) is 0 Å². The first-order valence-electron chi connectivity index (χ1n) is 6.99. The topological polar surface area (TPSA) is 84.2 Å². The Balaban J connectivity index is 2.26. The van der Waals surface area contributed by atoms with E-state index >= 15 is 0 Å². The molecule has 0 saturated heterocycles. The highest BCUT2D eigenvalue weighted by atomic mass is 32.1. The van der Waals surface area contributed by atoms with Gasteiger partial charge in [-0.2, -0.15) is 0 Å². The fourth-order valence-corrected chi connectivity index (χ4v) is 3.08. The van der Waals surface area contributed by atoms with E-state index in [1.54, 1.807) is 24.3 Å². The first-order valence-corrected chi connectivity index (χ1v) is 7.81. The molecule has 2 amide bonds. The van der Waals surface area contributed by atoms with Gasteiger partial charge < -0.3 is 16.4 Å². The molecule has 0 bridgehead atoms. The summed E-state index contributed by atoms with van der Waals surface area (Å²) in [4.78, 5) is 25.5. The third-order valence-electron chi connectivity index (χ3n) is 3.31. The molecule has 0 atom stereocenters. The minimum Gasteiger partial charge on any atom is -0.351 e. The second-order valence-electron chi connectivity index (χ2n) is 4.85. The third-order valence-corrected chi connectivity index (χ3v) is 4.43. The van der Waals surface area contributed by atoms with E-state index in [0.717, 1.165) is 10.4 Å². The Morgan fingerprint density at radius 2 is 1.82 bits per heavy atom. The molecule has 6 heteroatoms. The zero-order valence-corrected chi connectivity index (χ0v) is 13.4. The number of anilines is 1. The van der Waals surface area contributed by atoms with E-state index < -0.39 is 0 Å². The summed E-state index contributed by atoms with van der Waals surface area (Å²) >= 11 is 1.40. The molecule has 116 valence electrons. The maximum atomic E-state index is 12.3. The number of benzene rings is 1. The number of nitrogens with two attached hydrogens (primary N) is 1. The minimum atomic E-state index is -0.227. The Hall–Kier alpha value is -2.18. The fraction of sp³-hybridized carbons (Fsp3) is 0.250. The number of hydrogen-bond acceptors (Lipinski definition) is 4. The van der Waals surface area contributed by atoms with Crippen molar-refractivity contribution in [2.75, 3.05) is 18.4 Å². The van der Waals surface area contributed by atoms with Crippen molar-refractivity contribution in [2.45, 2.75) is 13.8 Å². The van der Waals surface area contributed by atoms with Crippen molar-refractivity contribution in [2.24, 2.45) is 5.73 Å². The van der Waals surface area contributed by atoms with Crippen molar-refractivity contribution in [3.63, 3.8) is 0 Å². The summed E-state index contributed by atoms with van der Waals surface area (Å²) in [5.74, 6) is -0.439. The number of amides is 2. The zero-order chi connectivity index (χ0) is 16.1. The summed E-state index contributed by atoms with van der Waals surface area (Å²) < 4.78 is 0. The quantitative estimate of drug-likeness (QED) is 0.791. The predicted molar refractivity (Wildman–Crippen MR) is 89.6 cm³/mol. The van der Waals surface area contributed by atoms with Crippen LogP contribution in [0.1, 0.15) is 31.2 Å². The minimum absolute atomic E-state index is 0.212. The Morgan fingerprint density at radius 1 is 1.14 bits per heavy atom. The molecule has 0 aliphatic heterocycles. The molecule has 1 aromatic heterocycles. The maximum Gasteiger partial charge on any atom is 0.256 e. The van der Waals surface area contributed by atoms with Gasteiger partial charge in [-0.1, -0.05) is 18.2 Å². The third kappa shape index (κ3) is 3.52. The van der Waals surface area contributed by atoms with Crippen LogP contribution >= 0.6 is 11.3 Å². The number of rotatable bonds is 5. The molecule has 1 aromatic carbocycles. The van der Waals surface area contributed by atoms with Crippen LogP contribution in [0, 0.1) is 13.8 Å². The number of carbonyl (C=O) groups excluding carboxylic acids is 2. The van der Waals surface area contributed by atoms with Crippen LogP contribution in [0.3, 0.4) is 0 Å². The number of nitrogens with one attached hydrogen (secondary N) is 2. The monoisotopic (exact) mass is 317 g/mol. The first kappa shape index (κ1) is 16.2. The van der Waals surface area contributed by atoms with E-state index in [9.17, 15) is 9.59 Å². The molecule has 0 fully saturated rings. The van der Waals surface area contributed by atoms with Crippen molar-refractivity contribution in [3.05, 3.63) is 51.9 Å². The van der Waals surface area contributed by atoms with E-state index in [-0.39, 0.29) is 11.8 Å². The van der Waals surface area contributed by atoms with Crippen LogP contribution in [0.4, 0.5) is 5.00 Å². The van der Waals surface area contributed by atoms with Crippen LogP contribution in [0.15, 0.2) is 30.3 Å². The van der Waals surface area contributed by atoms with E-state index in [4.69, 9.17) is 5.73 Å². The van der Waals surface area contributed by atoms with Gasteiger partial charge in [0.1, 0.15) is 5.00 Å². The van der Waals surface area contributed by atoms with Gasteiger partial charge in [0, 0.05) is 23.5 Å². The lowest BCUT2D eigenvalue weighted by Crippen LogP contribution is -2.30. The molecule has 2 rings (SSSR count). The van der Waals surface area contributed by atoms with Gasteiger partial charge in [-0.15, -0.1) is 11.3 Å². The molecule has 4 N–H and O–H groups in total. The number of hydrogen-bond donors (Lipinski definition) is 3. The number of thiophene rings is 1. The van der Waals surface area contributed by atoms with Crippen molar-refractivity contribution in [1.29, 1.82) is 0 Å². The second kappa shape index (κ2) is 7.20. The summed E-state index contributed by atoms with van der Waals surface area (Å²) in [7, 11) is 0. The Labute approximate surface area is 133 Å². The summed E-state index contributed by atoms with van der Waals surface area (Å²) in [6, 6.07) is 8.92. The van der Waals surface area contributed by atoms with E-state index in [2.05, 4.69) is 10.6 Å². The molecule has 0 aliphatic rings. The lowest BCUT2D eigenvalue weighted by Gasteiger charge is -2.08. The summed E-state index contributed by atoms with van der Waals surface area (Å²) in [5, 5.41) is 6.15. The molecule has 5 nitrogen and oxygen atoms in total. The summed E-state index contributed by atoms with van der Waals surface area (Å²) in [6.45, 7) is 4.58. The number of carbonyl (C=O) groups is 2. The molecule has 0 radical (unpaired) electrons. The fourth-order valence-electron chi connectivity index (χ4n) is 2.03. The Bertz CT molecular complexity index is 680. The first-order chi connectivity index (χ1) is 10.5. The van der Waals surface area contributed by atoms with Gasteiger partial charge in [0.15, 0.2) is 0 Å². The van der Waals surface area contributed by atoms with Crippen molar-refractivity contribution >= 4 is 28.2 Å². The van der Waals surface area contributed by atoms with Crippen LogP contribution in [-0.4, -0.2) is 24.9 Å². The molecular formula is C16H19N3O2S. The highest BCUT2D eigenvalue weighted by molar-refractivity contribution is 7.16. The second-order valence-corrected chi connectivity index (χ2v) is 6.08. The molecule has 0 aliphatic carbocycles. The zero-order valence-electron chi connectivity index (χ0n) is 12.6. The SMILES string of the molecule is Cc1sc(NC(=O)c2ccccc2)c(C(=O)NCCN)c1C. The summed E-state index contributed by atoms with van der Waals surface area (Å²) in [6.07, 6.45) is 0. The van der Waals surface area contributed by atoms with Crippen LogP contribution in [0.25, 0.3) is 0 Å². The summed E-state index contributed by atoms with van der Waals surface area (Å²) in [5.41, 5.74) is 7.36. The molecule has 22 heavy (non-hydrogen) atoms. The van der Waals surface area contributed by atoms with Gasteiger partial charge in [-0.3, -0.25) is 9.59 Å². The Morgan fingerprint density at radius 3 is 2.45 bits per heavy atom. The smallest absolute Gasteiger partial charge is 0.256 e. The van der Waals surface area contributed by atoms with Crippen LogP contribution in [-0.2, 0) is 0 Å². The molecule has 2 aromatic rings. The average molecular weight is 317 g/mol. The van der Waals surface area contributed by atoms with Gasteiger partial charge in [0.05, 0.1) is 5.56 Å². The molecule has 0 spiro atoms. The van der Waals surface area contributed by atoms with Crippen LogP contribution in [0.5, 0.6) is 0 Å². The van der Waals surface area contributed by atoms with E-state index in [1.807, 2.05) is 19.9 Å². The molecular weight excluding hydrogens is 298 g/mol. The maximum absolute atomic E-state index is 12.3. The van der Waals surface area contributed by atoms with Gasteiger partial charge >= 0.3 is 0 Å². The largest absolute Gasteiger partial charge is 0.351 e. The van der Waals surface area contributed by atoms with Gasteiger partial charge in [0.25, 0.3) is 11.8 Å². The lowest BCUT2D eigenvalue weighted by molar-refractivity contribution is 0.0955. The van der Waals surface area contributed by atoms with Crippen LogP contribution in [0.2, 0.25) is 0 Å². The van der Waals surface area contributed by atoms with Crippen molar-refractivity contribution in [1.82, 2.24) is 5.32 Å². The Kier molecular flexibility index (Phi) is 5.30. The van der Waals surface area contributed by atoms with E-state index in [0.29, 0.717) is 29.2 Å². The van der Waals surface area contributed by atoms with Gasteiger partial charge in [-0.25, -0.2) is 0 Å². The molecule has 0 unspecified atom stereocenters. The molecule has 0 saturated carbocycles. The van der Waals surface area contributed by atoms with Crippen molar-refractivity contribution in [3.8, 4) is 0 Å². The highest BCUT2D eigenvalue weighted by Gasteiger charge is 2.21. The average Bonchev–Trinajstić information content (AvgIpc) is 2.80. The normalized spacial score (nSPS) is 10.3. The van der Waals surface area contributed by atoms with Crippen LogP contribution < -0.4 is 16.4 Å². The molecule has 1 heterocycles.